The summed E-state index contributed by atoms with van der Waals surface area (Å²) in [5.41, 5.74) is -0.764. The van der Waals surface area contributed by atoms with Crippen molar-refractivity contribution in [3.8, 4) is 0 Å². The summed E-state index contributed by atoms with van der Waals surface area (Å²) in [6.45, 7) is 4.46. The summed E-state index contributed by atoms with van der Waals surface area (Å²) in [6, 6.07) is -0.184. The molecule has 1 aliphatic carbocycles. The minimum absolute atomic E-state index is 0.184. The van der Waals surface area contributed by atoms with E-state index in [9.17, 15) is 14.7 Å². The lowest BCUT2D eigenvalue weighted by Gasteiger charge is -2.23. The van der Waals surface area contributed by atoms with Gasteiger partial charge in [0.05, 0.1) is 12.0 Å². The molecule has 1 saturated carbocycles. The van der Waals surface area contributed by atoms with Crippen molar-refractivity contribution < 1.29 is 19.4 Å². The van der Waals surface area contributed by atoms with Crippen molar-refractivity contribution in [3.05, 3.63) is 0 Å². The molecule has 2 rings (SSSR count). The van der Waals surface area contributed by atoms with E-state index in [4.69, 9.17) is 4.74 Å². The summed E-state index contributed by atoms with van der Waals surface area (Å²) in [4.78, 5) is 24.9. The molecule has 0 spiro atoms. The van der Waals surface area contributed by atoms with E-state index in [2.05, 4.69) is 5.32 Å². The van der Waals surface area contributed by atoms with Gasteiger partial charge in [0.15, 0.2) is 0 Å². The fourth-order valence-electron chi connectivity index (χ4n) is 2.54. The molecule has 1 aliphatic heterocycles. The molecule has 20 heavy (non-hydrogen) atoms. The number of aliphatic carboxylic acids is 1. The fourth-order valence-corrected chi connectivity index (χ4v) is 2.54. The highest BCUT2D eigenvalue weighted by Crippen LogP contribution is 2.34. The Morgan fingerprint density at radius 3 is 2.75 bits per heavy atom. The highest BCUT2D eigenvalue weighted by atomic mass is 16.5. The predicted molar refractivity (Wildman–Crippen MR) is 73.5 cm³/mol. The Hall–Kier alpha value is -1.30. The van der Waals surface area contributed by atoms with E-state index in [-0.39, 0.29) is 6.03 Å². The van der Waals surface area contributed by atoms with Crippen LogP contribution in [0.5, 0.6) is 0 Å². The molecule has 1 atom stereocenters. The van der Waals surface area contributed by atoms with Crippen LogP contribution in [0, 0.1) is 11.3 Å². The largest absolute Gasteiger partial charge is 0.481 e. The van der Waals surface area contributed by atoms with E-state index in [1.807, 2.05) is 6.92 Å². The van der Waals surface area contributed by atoms with Gasteiger partial charge in [0, 0.05) is 26.2 Å². The standard InChI is InChI=1S/C14H24N2O4/c1-2-14(12(17)18)5-7-16(10-14)13(19)15-6-8-20-9-11-3-4-11/h11H,2-10H2,1H3,(H,15,19)(H,17,18). The summed E-state index contributed by atoms with van der Waals surface area (Å²) in [7, 11) is 0. The molecule has 2 fully saturated rings. The molecule has 0 aromatic rings. The smallest absolute Gasteiger partial charge is 0.317 e. The van der Waals surface area contributed by atoms with Crippen molar-refractivity contribution >= 4 is 12.0 Å². The molecule has 2 N–H and O–H groups in total. The third-order valence-electron chi connectivity index (χ3n) is 4.34. The number of nitrogens with zero attached hydrogens (tertiary/aromatic N) is 1. The molecular formula is C14H24N2O4. The molecule has 2 amide bonds. The van der Waals surface area contributed by atoms with Gasteiger partial charge in [-0.15, -0.1) is 0 Å². The van der Waals surface area contributed by atoms with Gasteiger partial charge in [-0.1, -0.05) is 6.92 Å². The molecule has 1 saturated heterocycles. The average molecular weight is 284 g/mol. The summed E-state index contributed by atoms with van der Waals surface area (Å²) in [6.07, 6.45) is 3.60. The van der Waals surface area contributed by atoms with Crippen LogP contribution in [0.3, 0.4) is 0 Å². The first-order valence-corrected chi connectivity index (χ1v) is 7.41. The van der Waals surface area contributed by atoms with E-state index < -0.39 is 11.4 Å². The molecule has 0 bridgehead atoms. The number of urea groups is 1. The van der Waals surface area contributed by atoms with Crippen LogP contribution in [0.1, 0.15) is 32.6 Å². The first-order chi connectivity index (χ1) is 9.57. The molecule has 1 unspecified atom stereocenters. The number of carboxylic acid groups (broad SMARTS) is 1. The van der Waals surface area contributed by atoms with E-state index in [1.165, 1.54) is 12.8 Å². The van der Waals surface area contributed by atoms with Gasteiger partial charge >= 0.3 is 12.0 Å². The maximum atomic E-state index is 11.9. The van der Waals surface area contributed by atoms with E-state index in [0.29, 0.717) is 39.1 Å². The summed E-state index contributed by atoms with van der Waals surface area (Å²) >= 11 is 0. The van der Waals surface area contributed by atoms with Gasteiger partial charge in [-0.05, 0) is 31.6 Å². The Bertz CT molecular complexity index is 370. The van der Waals surface area contributed by atoms with Crippen LogP contribution in [0.25, 0.3) is 0 Å². The lowest BCUT2D eigenvalue weighted by Crippen LogP contribution is -2.42. The molecule has 0 aromatic carbocycles. The minimum atomic E-state index is -0.803. The number of likely N-dealkylation sites (tertiary alicyclic amines) is 1. The maximum Gasteiger partial charge on any atom is 0.317 e. The van der Waals surface area contributed by atoms with E-state index in [1.54, 1.807) is 4.90 Å². The van der Waals surface area contributed by atoms with Crippen molar-refractivity contribution in [2.75, 3.05) is 32.8 Å². The number of nitrogens with one attached hydrogen (secondary N) is 1. The second-order valence-corrected chi connectivity index (χ2v) is 5.86. The topological polar surface area (TPSA) is 78.9 Å². The average Bonchev–Trinajstić information content (AvgIpc) is 3.14. The summed E-state index contributed by atoms with van der Waals surface area (Å²) in [5, 5.41) is 12.1. The Morgan fingerprint density at radius 2 is 2.20 bits per heavy atom. The molecule has 114 valence electrons. The molecule has 6 nitrogen and oxygen atoms in total. The third kappa shape index (κ3) is 3.62. The minimum Gasteiger partial charge on any atom is -0.481 e. The van der Waals surface area contributed by atoms with Gasteiger partial charge in [-0.3, -0.25) is 4.79 Å². The van der Waals surface area contributed by atoms with Crippen molar-refractivity contribution in [2.45, 2.75) is 32.6 Å². The number of ether oxygens (including phenoxy) is 1. The Balaban J connectivity index is 1.66. The van der Waals surface area contributed by atoms with Crippen LogP contribution in [-0.2, 0) is 9.53 Å². The normalized spacial score (nSPS) is 25.8. The number of hydrogen-bond acceptors (Lipinski definition) is 3. The van der Waals surface area contributed by atoms with Crippen LogP contribution in [-0.4, -0.2) is 54.9 Å². The number of rotatable bonds is 7. The molecular weight excluding hydrogens is 260 g/mol. The first-order valence-electron chi connectivity index (χ1n) is 7.41. The molecule has 2 aliphatic rings. The van der Waals surface area contributed by atoms with Gasteiger partial charge < -0.3 is 20.1 Å². The van der Waals surface area contributed by atoms with Gasteiger partial charge in [0.2, 0.25) is 0 Å². The molecule has 0 radical (unpaired) electrons. The second kappa shape index (κ2) is 6.43. The van der Waals surface area contributed by atoms with Gasteiger partial charge in [0.1, 0.15) is 0 Å². The summed E-state index contributed by atoms with van der Waals surface area (Å²) in [5.74, 6) is -0.0758. The maximum absolute atomic E-state index is 11.9. The highest BCUT2D eigenvalue weighted by molar-refractivity contribution is 5.79. The SMILES string of the molecule is CCC1(C(=O)O)CCN(C(=O)NCCOCC2CC2)C1. The van der Waals surface area contributed by atoms with Crippen LogP contribution in [0.4, 0.5) is 4.79 Å². The van der Waals surface area contributed by atoms with Crippen molar-refractivity contribution in [2.24, 2.45) is 11.3 Å². The Kier molecular flexibility index (Phi) is 4.86. The number of carboxylic acids is 1. The first kappa shape index (κ1) is 15.1. The Morgan fingerprint density at radius 1 is 1.45 bits per heavy atom. The lowest BCUT2D eigenvalue weighted by atomic mass is 9.84. The molecule has 0 aromatic heterocycles. The number of carbonyl (C=O) groups excluding carboxylic acids is 1. The lowest BCUT2D eigenvalue weighted by molar-refractivity contribution is -0.148. The Labute approximate surface area is 119 Å². The van der Waals surface area contributed by atoms with Crippen molar-refractivity contribution in [3.63, 3.8) is 0 Å². The zero-order valence-electron chi connectivity index (χ0n) is 12.1. The molecule has 6 heteroatoms. The van der Waals surface area contributed by atoms with E-state index in [0.717, 1.165) is 12.5 Å². The second-order valence-electron chi connectivity index (χ2n) is 5.86. The predicted octanol–water partition coefficient (Wildman–Crippen LogP) is 1.31. The molecule has 1 heterocycles. The van der Waals surface area contributed by atoms with Crippen LogP contribution in [0.15, 0.2) is 0 Å². The number of amides is 2. The van der Waals surface area contributed by atoms with Gasteiger partial charge in [-0.2, -0.15) is 0 Å². The van der Waals surface area contributed by atoms with Crippen molar-refractivity contribution in [1.29, 1.82) is 0 Å². The third-order valence-corrected chi connectivity index (χ3v) is 4.34. The zero-order chi connectivity index (χ0) is 14.6. The monoisotopic (exact) mass is 284 g/mol. The number of carbonyl (C=O) groups is 2. The van der Waals surface area contributed by atoms with Crippen LogP contribution >= 0.6 is 0 Å². The number of hydrogen-bond donors (Lipinski definition) is 2. The quantitative estimate of drug-likeness (QED) is 0.691. The highest BCUT2D eigenvalue weighted by Gasteiger charge is 2.44. The van der Waals surface area contributed by atoms with E-state index >= 15 is 0 Å². The van der Waals surface area contributed by atoms with Crippen LogP contribution < -0.4 is 5.32 Å². The van der Waals surface area contributed by atoms with Crippen molar-refractivity contribution in [1.82, 2.24) is 10.2 Å². The fraction of sp³-hybridized carbons (Fsp3) is 0.857. The summed E-state index contributed by atoms with van der Waals surface area (Å²) < 4.78 is 5.44. The van der Waals surface area contributed by atoms with Crippen LogP contribution in [0.2, 0.25) is 0 Å². The zero-order valence-corrected chi connectivity index (χ0v) is 12.1. The van der Waals surface area contributed by atoms with Gasteiger partial charge in [0.25, 0.3) is 0 Å². The van der Waals surface area contributed by atoms with Gasteiger partial charge in [-0.25, -0.2) is 4.79 Å².